The van der Waals surface area contributed by atoms with Gasteiger partial charge >= 0.3 is 0 Å². The number of carbonyl (C=O) groups is 1. The van der Waals surface area contributed by atoms with Gasteiger partial charge in [-0.25, -0.2) is 9.37 Å². The highest BCUT2D eigenvalue weighted by Crippen LogP contribution is 2.23. The monoisotopic (exact) mass is 620 g/mol. The number of anilines is 1. The fraction of sp³-hybridized carbons (Fsp3) is 0.471. The second-order valence-electron chi connectivity index (χ2n) is 10.7. The van der Waals surface area contributed by atoms with Crippen LogP contribution in [0, 0.1) is 24.6 Å². The molecule has 1 aromatic heterocycles. The first kappa shape index (κ1) is 34.1. The number of nitrogens with one attached hydrogen (secondary N) is 1. The first-order chi connectivity index (χ1) is 22.0. The second kappa shape index (κ2) is 18.9. The maximum absolute atomic E-state index is 13.4. The zero-order valence-corrected chi connectivity index (χ0v) is 26.2. The number of imidazole rings is 1. The Morgan fingerprint density at radius 2 is 1.64 bits per heavy atom. The number of rotatable bonds is 17. The highest BCUT2D eigenvalue weighted by Gasteiger charge is 2.20. The largest absolute Gasteiger partial charge is 0.378 e. The first-order valence-corrected chi connectivity index (χ1v) is 15.6. The molecule has 11 heteroatoms. The van der Waals surface area contributed by atoms with Gasteiger partial charge in [-0.05, 0) is 55.8 Å². The van der Waals surface area contributed by atoms with Crippen LogP contribution in [0.2, 0.25) is 0 Å². The van der Waals surface area contributed by atoms with Gasteiger partial charge < -0.3 is 34.7 Å². The van der Waals surface area contributed by atoms with Gasteiger partial charge in [0.25, 0.3) is 5.91 Å². The average molecular weight is 621 g/mol. The Bertz CT molecular complexity index is 1380. The molecular formula is C34H45FN6O4. The molecule has 0 spiro atoms. The lowest BCUT2D eigenvalue weighted by atomic mass is 10.1. The third-order valence-corrected chi connectivity index (χ3v) is 7.50. The van der Waals surface area contributed by atoms with E-state index in [1.165, 1.54) is 12.1 Å². The molecule has 1 aliphatic rings. The molecule has 0 aliphatic carbocycles. The molecule has 3 N–H and O–H groups in total. The number of aryl methyl sites for hydroxylation is 2. The summed E-state index contributed by atoms with van der Waals surface area (Å²) < 4.78 is 32.0. The molecule has 1 saturated heterocycles. The van der Waals surface area contributed by atoms with E-state index in [-0.39, 0.29) is 11.7 Å². The lowest BCUT2D eigenvalue weighted by Crippen LogP contribution is -2.47. The number of amides is 1. The Balaban J connectivity index is 1.29. The standard InChI is InChI=1S/C34H45FN6O4/c1-28-37-13-15-40(28)14-2-12-38-34(42)31-7-10-33(30(27-31)6-3-29-4-8-32(35)9-5-29)41-18-16-39(17-19-41)20-22-44-24-26-45-25-23-43-21-11-36/h4-5,7-10,13,15,27H,2,11-12,14,16-26,36H2,1H3,(H,38,42). The van der Waals surface area contributed by atoms with Crippen LogP contribution in [0.15, 0.2) is 54.9 Å². The summed E-state index contributed by atoms with van der Waals surface area (Å²) in [4.78, 5) is 22.0. The van der Waals surface area contributed by atoms with Crippen molar-refractivity contribution in [1.82, 2.24) is 19.8 Å². The Morgan fingerprint density at radius 1 is 0.933 bits per heavy atom. The molecule has 0 unspecified atom stereocenters. The summed E-state index contributed by atoms with van der Waals surface area (Å²) in [6.07, 6.45) is 4.52. The van der Waals surface area contributed by atoms with Gasteiger partial charge in [-0.3, -0.25) is 9.69 Å². The van der Waals surface area contributed by atoms with Gasteiger partial charge in [-0.2, -0.15) is 0 Å². The third kappa shape index (κ3) is 11.6. The molecule has 45 heavy (non-hydrogen) atoms. The van der Waals surface area contributed by atoms with E-state index in [4.69, 9.17) is 19.9 Å². The fourth-order valence-corrected chi connectivity index (χ4v) is 4.95. The minimum Gasteiger partial charge on any atom is -0.378 e. The van der Waals surface area contributed by atoms with Crippen LogP contribution in [-0.4, -0.2) is 106 Å². The smallest absolute Gasteiger partial charge is 0.251 e. The molecule has 1 aliphatic heterocycles. The topological polar surface area (TPSA) is 107 Å². The summed E-state index contributed by atoms with van der Waals surface area (Å²) in [6.45, 7) is 11.5. The van der Waals surface area contributed by atoms with Crippen LogP contribution in [0.3, 0.4) is 0 Å². The maximum Gasteiger partial charge on any atom is 0.251 e. The van der Waals surface area contributed by atoms with E-state index in [0.29, 0.717) is 63.9 Å². The molecule has 0 bridgehead atoms. The number of hydrogen-bond acceptors (Lipinski definition) is 8. The highest BCUT2D eigenvalue weighted by atomic mass is 19.1. The van der Waals surface area contributed by atoms with Crippen molar-refractivity contribution in [3.05, 3.63) is 83.2 Å². The summed E-state index contributed by atoms with van der Waals surface area (Å²) in [5.74, 6) is 6.92. The zero-order chi connectivity index (χ0) is 31.7. The predicted molar refractivity (Wildman–Crippen MR) is 173 cm³/mol. The Morgan fingerprint density at radius 3 is 2.33 bits per heavy atom. The molecule has 2 aromatic carbocycles. The van der Waals surface area contributed by atoms with Crippen LogP contribution < -0.4 is 16.0 Å². The van der Waals surface area contributed by atoms with Crippen LogP contribution >= 0.6 is 0 Å². The first-order valence-electron chi connectivity index (χ1n) is 15.6. The van der Waals surface area contributed by atoms with Gasteiger partial charge in [0.15, 0.2) is 0 Å². The van der Waals surface area contributed by atoms with Crippen molar-refractivity contribution in [3.8, 4) is 11.8 Å². The van der Waals surface area contributed by atoms with Crippen LogP contribution in [0.25, 0.3) is 0 Å². The summed E-state index contributed by atoms with van der Waals surface area (Å²) in [6, 6.07) is 11.8. The number of piperazine rings is 1. The number of carbonyl (C=O) groups excluding carboxylic acids is 1. The van der Waals surface area contributed by atoms with Gasteiger partial charge in [-0.1, -0.05) is 11.8 Å². The number of halogens is 1. The van der Waals surface area contributed by atoms with Crippen molar-refractivity contribution >= 4 is 11.6 Å². The second-order valence-corrected chi connectivity index (χ2v) is 10.7. The van der Waals surface area contributed by atoms with Crippen LogP contribution in [0.5, 0.6) is 0 Å². The van der Waals surface area contributed by atoms with Gasteiger partial charge in [0.05, 0.1) is 45.3 Å². The van der Waals surface area contributed by atoms with Crippen LogP contribution in [0.4, 0.5) is 10.1 Å². The van der Waals surface area contributed by atoms with Crippen molar-refractivity contribution in [2.24, 2.45) is 5.73 Å². The lowest BCUT2D eigenvalue weighted by Gasteiger charge is -2.36. The summed E-state index contributed by atoms with van der Waals surface area (Å²) in [5, 5.41) is 3.03. The van der Waals surface area contributed by atoms with E-state index in [0.717, 1.165) is 62.8 Å². The normalized spacial score (nSPS) is 13.4. The van der Waals surface area contributed by atoms with Crippen molar-refractivity contribution in [1.29, 1.82) is 0 Å². The molecule has 0 atom stereocenters. The van der Waals surface area contributed by atoms with Gasteiger partial charge in [-0.15, -0.1) is 0 Å². The zero-order valence-electron chi connectivity index (χ0n) is 26.2. The number of hydrogen-bond donors (Lipinski definition) is 2. The van der Waals surface area contributed by atoms with E-state index >= 15 is 0 Å². The molecular weight excluding hydrogens is 575 g/mol. The molecule has 10 nitrogen and oxygen atoms in total. The van der Waals surface area contributed by atoms with Crippen molar-refractivity contribution < 1.29 is 23.4 Å². The van der Waals surface area contributed by atoms with Gasteiger partial charge in [0.1, 0.15) is 11.6 Å². The van der Waals surface area contributed by atoms with Crippen molar-refractivity contribution in [2.45, 2.75) is 19.9 Å². The molecule has 0 saturated carbocycles. The Hall–Kier alpha value is -3.79. The van der Waals surface area contributed by atoms with E-state index < -0.39 is 0 Å². The predicted octanol–water partition coefficient (Wildman–Crippen LogP) is 2.68. The number of ether oxygens (including phenoxy) is 3. The molecule has 1 amide bonds. The number of aromatic nitrogens is 2. The number of nitrogens with zero attached hydrogens (tertiary/aromatic N) is 4. The SMILES string of the molecule is Cc1nccn1CCCNC(=O)c1ccc(N2CCN(CCOCCOCCOCCN)CC2)c(C#Cc2ccc(F)cc2)c1. The minimum atomic E-state index is -0.302. The minimum absolute atomic E-state index is 0.135. The van der Waals surface area contributed by atoms with Gasteiger partial charge in [0.2, 0.25) is 0 Å². The fourth-order valence-electron chi connectivity index (χ4n) is 4.95. The molecule has 2 heterocycles. The summed E-state index contributed by atoms with van der Waals surface area (Å²) in [5.41, 5.74) is 8.41. The van der Waals surface area contributed by atoms with E-state index in [1.54, 1.807) is 18.3 Å². The number of benzene rings is 2. The molecule has 4 rings (SSSR count). The maximum atomic E-state index is 13.4. The van der Waals surface area contributed by atoms with Crippen LogP contribution in [0.1, 0.15) is 33.7 Å². The molecule has 0 radical (unpaired) electrons. The lowest BCUT2D eigenvalue weighted by molar-refractivity contribution is 0.0116. The summed E-state index contributed by atoms with van der Waals surface area (Å²) in [7, 11) is 0. The van der Waals surface area contributed by atoms with E-state index in [1.807, 2.05) is 31.3 Å². The molecule has 242 valence electrons. The van der Waals surface area contributed by atoms with Crippen molar-refractivity contribution in [3.63, 3.8) is 0 Å². The van der Waals surface area contributed by atoms with Gasteiger partial charge in [0, 0.05) is 81.4 Å². The van der Waals surface area contributed by atoms with Crippen LogP contribution in [-0.2, 0) is 20.8 Å². The number of nitrogens with two attached hydrogens (primary N) is 1. The summed E-state index contributed by atoms with van der Waals surface area (Å²) >= 11 is 0. The van der Waals surface area contributed by atoms with E-state index in [9.17, 15) is 9.18 Å². The Labute approximate surface area is 265 Å². The molecule has 3 aromatic rings. The quantitative estimate of drug-likeness (QED) is 0.175. The Kier molecular flexibility index (Phi) is 14.3. The average Bonchev–Trinajstić information content (AvgIpc) is 3.48. The van der Waals surface area contributed by atoms with Crippen molar-refractivity contribution in [2.75, 3.05) is 90.4 Å². The molecule has 1 fully saturated rings. The third-order valence-electron chi connectivity index (χ3n) is 7.50. The van der Waals surface area contributed by atoms with E-state index in [2.05, 4.69) is 36.5 Å². The highest BCUT2D eigenvalue weighted by molar-refractivity contribution is 5.95.